The summed E-state index contributed by atoms with van der Waals surface area (Å²) < 4.78 is 0. The number of fused-ring (bicyclic) bond motifs is 2. The van der Waals surface area contributed by atoms with Crippen molar-refractivity contribution in [2.75, 3.05) is 11.9 Å². The van der Waals surface area contributed by atoms with Crippen LogP contribution in [-0.4, -0.2) is 28.7 Å². The molecule has 6 N–H and O–H groups in total. The van der Waals surface area contributed by atoms with E-state index >= 15 is 0 Å². The van der Waals surface area contributed by atoms with Crippen molar-refractivity contribution in [1.29, 1.82) is 0 Å². The topological polar surface area (TPSA) is 108 Å². The third-order valence-corrected chi connectivity index (χ3v) is 7.73. The summed E-state index contributed by atoms with van der Waals surface area (Å²) in [6, 6.07) is 14.9. The second-order valence-corrected chi connectivity index (χ2v) is 10.5. The van der Waals surface area contributed by atoms with Crippen LogP contribution in [-0.2, 0) is 30.5 Å². The third-order valence-electron chi connectivity index (χ3n) is 7.73. The number of carbonyl (C=O) groups excluding carboxylic acids is 1. The molecule has 3 aromatic rings. The van der Waals surface area contributed by atoms with E-state index in [1.54, 1.807) is 18.2 Å². The standard InChI is InChI=1S/C30H35N3O3/c1-17-9-24(35)10-18(2)25(17)16-27(31)30(36)33-29-7-8-32-28-6-3-19(14-26(28)29)11-20-12-21-4-5-23(34)15-22(21)13-20/h3-6,9-10,14-15,20,27,29,32,34-35H,7-8,11-13,16,31H2,1-2H3,(H,33,36)/t20?,27-,29+/m0/s1. The van der Waals surface area contributed by atoms with E-state index in [1.807, 2.05) is 26.0 Å². The second kappa shape index (κ2) is 9.86. The van der Waals surface area contributed by atoms with Crippen molar-refractivity contribution < 1.29 is 15.0 Å². The molecule has 0 aromatic heterocycles. The molecule has 0 spiro atoms. The molecule has 1 unspecified atom stereocenters. The fourth-order valence-corrected chi connectivity index (χ4v) is 5.90. The van der Waals surface area contributed by atoms with E-state index in [9.17, 15) is 15.0 Å². The number of amides is 1. The first-order valence-corrected chi connectivity index (χ1v) is 12.8. The van der Waals surface area contributed by atoms with E-state index in [2.05, 4.69) is 28.8 Å². The monoisotopic (exact) mass is 485 g/mol. The lowest BCUT2D eigenvalue weighted by atomic mass is 9.91. The van der Waals surface area contributed by atoms with E-state index in [0.717, 1.165) is 60.2 Å². The van der Waals surface area contributed by atoms with Crippen LogP contribution < -0.4 is 16.4 Å². The number of phenolic OH excluding ortho intramolecular Hbond substituents is 2. The maximum absolute atomic E-state index is 13.1. The minimum atomic E-state index is -0.665. The lowest BCUT2D eigenvalue weighted by Gasteiger charge is -2.29. The molecular formula is C30H35N3O3. The Labute approximate surface area is 212 Å². The van der Waals surface area contributed by atoms with Gasteiger partial charge in [-0.25, -0.2) is 0 Å². The van der Waals surface area contributed by atoms with Crippen LogP contribution in [0.1, 0.15) is 51.4 Å². The number of hydrogen-bond acceptors (Lipinski definition) is 5. The van der Waals surface area contributed by atoms with Crippen molar-refractivity contribution in [3.8, 4) is 11.5 Å². The van der Waals surface area contributed by atoms with Gasteiger partial charge in [-0.1, -0.05) is 18.2 Å². The highest BCUT2D eigenvalue weighted by atomic mass is 16.3. The summed E-state index contributed by atoms with van der Waals surface area (Å²) in [4.78, 5) is 13.1. The summed E-state index contributed by atoms with van der Waals surface area (Å²) >= 11 is 0. The highest BCUT2D eigenvalue weighted by Crippen LogP contribution is 2.35. The zero-order chi connectivity index (χ0) is 25.4. The van der Waals surface area contributed by atoms with Gasteiger partial charge in [0.25, 0.3) is 0 Å². The SMILES string of the molecule is Cc1cc(O)cc(C)c1C[C@H](N)C(=O)N[C@@H]1CCNc2ccc(CC3Cc4ccc(O)cc4C3)cc21. The molecule has 2 aliphatic rings. The summed E-state index contributed by atoms with van der Waals surface area (Å²) in [5, 5.41) is 26.3. The van der Waals surface area contributed by atoms with Crippen LogP contribution in [0.2, 0.25) is 0 Å². The van der Waals surface area contributed by atoms with Crippen molar-refractivity contribution in [3.05, 3.63) is 87.5 Å². The maximum Gasteiger partial charge on any atom is 0.237 e. The molecule has 0 radical (unpaired) electrons. The van der Waals surface area contributed by atoms with Crippen LogP contribution in [0.25, 0.3) is 0 Å². The molecule has 0 saturated carbocycles. The zero-order valence-corrected chi connectivity index (χ0v) is 21.0. The number of hydrogen-bond donors (Lipinski definition) is 5. The Morgan fingerprint density at radius 1 is 1.03 bits per heavy atom. The van der Waals surface area contributed by atoms with Crippen molar-refractivity contribution in [2.45, 2.75) is 58.0 Å². The Hall–Kier alpha value is -3.51. The van der Waals surface area contributed by atoms with Gasteiger partial charge in [-0.15, -0.1) is 0 Å². The fourth-order valence-electron chi connectivity index (χ4n) is 5.90. The molecule has 6 heteroatoms. The summed E-state index contributed by atoms with van der Waals surface area (Å²) in [6.07, 6.45) is 4.20. The molecular weight excluding hydrogens is 450 g/mol. The van der Waals surface area contributed by atoms with Gasteiger partial charge in [-0.05, 0) is 121 Å². The minimum absolute atomic E-state index is 0.0838. The van der Waals surface area contributed by atoms with Gasteiger partial charge >= 0.3 is 0 Å². The zero-order valence-electron chi connectivity index (χ0n) is 21.0. The normalized spacial score (nSPS) is 19.2. The Kier molecular flexibility index (Phi) is 6.63. The summed E-state index contributed by atoms with van der Waals surface area (Å²) in [5.41, 5.74) is 15.3. The molecule has 36 heavy (non-hydrogen) atoms. The molecule has 1 aliphatic carbocycles. The van der Waals surface area contributed by atoms with Gasteiger partial charge in [-0.2, -0.15) is 0 Å². The van der Waals surface area contributed by atoms with Gasteiger partial charge in [0.2, 0.25) is 5.91 Å². The van der Waals surface area contributed by atoms with Crippen molar-refractivity contribution in [1.82, 2.24) is 5.32 Å². The van der Waals surface area contributed by atoms with Gasteiger partial charge in [0.15, 0.2) is 0 Å². The fraction of sp³-hybridized carbons (Fsp3) is 0.367. The molecule has 6 nitrogen and oxygen atoms in total. The van der Waals surface area contributed by atoms with Crippen LogP contribution in [0.5, 0.6) is 11.5 Å². The van der Waals surface area contributed by atoms with Crippen LogP contribution in [0.3, 0.4) is 0 Å². The molecule has 3 aromatic carbocycles. The molecule has 0 fully saturated rings. The number of benzene rings is 3. The smallest absolute Gasteiger partial charge is 0.237 e. The first-order valence-electron chi connectivity index (χ1n) is 12.8. The van der Waals surface area contributed by atoms with E-state index in [1.165, 1.54) is 16.7 Å². The van der Waals surface area contributed by atoms with Gasteiger partial charge < -0.3 is 26.6 Å². The maximum atomic E-state index is 13.1. The number of carbonyl (C=O) groups is 1. The first kappa shape index (κ1) is 24.2. The average Bonchev–Trinajstić information content (AvgIpc) is 3.22. The third kappa shape index (κ3) is 5.05. The molecule has 3 atom stereocenters. The predicted molar refractivity (Wildman–Crippen MR) is 142 cm³/mol. The van der Waals surface area contributed by atoms with Gasteiger partial charge in [0.1, 0.15) is 11.5 Å². The van der Waals surface area contributed by atoms with Gasteiger partial charge in [0.05, 0.1) is 12.1 Å². The molecule has 188 valence electrons. The average molecular weight is 486 g/mol. The van der Waals surface area contributed by atoms with Crippen molar-refractivity contribution >= 4 is 11.6 Å². The molecule has 5 rings (SSSR count). The molecule has 0 bridgehead atoms. The number of nitrogens with two attached hydrogens (primary N) is 1. The van der Waals surface area contributed by atoms with Gasteiger partial charge in [0, 0.05) is 12.2 Å². The lowest BCUT2D eigenvalue weighted by molar-refractivity contribution is -0.123. The first-order chi connectivity index (χ1) is 17.3. The largest absolute Gasteiger partial charge is 0.508 e. The van der Waals surface area contributed by atoms with Crippen LogP contribution in [0, 0.1) is 19.8 Å². The number of rotatable bonds is 6. The summed E-state index contributed by atoms with van der Waals surface area (Å²) in [7, 11) is 0. The Morgan fingerprint density at radius 3 is 2.56 bits per heavy atom. The van der Waals surface area contributed by atoms with Crippen molar-refractivity contribution in [3.63, 3.8) is 0 Å². The molecule has 0 saturated heterocycles. The molecule has 1 aliphatic heterocycles. The lowest BCUT2D eigenvalue weighted by Crippen LogP contribution is -2.44. The highest BCUT2D eigenvalue weighted by Gasteiger charge is 2.27. The Bertz CT molecular complexity index is 1280. The van der Waals surface area contributed by atoms with Gasteiger partial charge in [-0.3, -0.25) is 4.79 Å². The van der Waals surface area contributed by atoms with E-state index < -0.39 is 6.04 Å². The highest BCUT2D eigenvalue weighted by molar-refractivity contribution is 5.82. The summed E-state index contributed by atoms with van der Waals surface area (Å²) in [5.74, 6) is 0.918. The van der Waals surface area contributed by atoms with E-state index in [0.29, 0.717) is 18.1 Å². The van der Waals surface area contributed by atoms with Crippen molar-refractivity contribution in [2.24, 2.45) is 11.7 Å². The van der Waals surface area contributed by atoms with Crippen LogP contribution >= 0.6 is 0 Å². The second-order valence-electron chi connectivity index (χ2n) is 10.5. The predicted octanol–water partition coefficient (Wildman–Crippen LogP) is 4.22. The van der Waals surface area contributed by atoms with Crippen LogP contribution in [0.4, 0.5) is 5.69 Å². The minimum Gasteiger partial charge on any atom is -0.508 e. The number of aryl methyl sites for hydroxylation is 2. The van der Waals surface area contributed by atoms with Crippen LogP contribution in [0.15, 0.2) is 48.5 Å². The number of nitrogens with one attached hydrogen (secondary N) is 2. The van der Waals surface area contributed by atoms with E-state index in [4.69, 9.17) is 5.73 Å². The Balaban J connectivity index is 1.27. The number of phenols is 2. The number of aromatic hydroxyl groups is 2. The summed E-state index contributed by atoms with van der Waals surface area (Å²) in [6.45, 7) is 4.66. The molecule has 1 heterocycles. The number of anilines is 1. The Morgan fingerprint density at radius 2 is 1.78 bits per heavy atom. The quantitative estimate of drug-likeness (QED) is 0.359. The van der Waals surface area contributed by atoms with E-state index in [-0.39, 0.29) is 17.7 Å². The molecule has 1 amide bonds.